The van der Waals surface area contributed by atoms with Crippen LogP contribution in [0.5, 0.6) is 0 Å². The molecule has 1 aromatic heterocycles. The van der Waals surface area contributed by atoms with Crippen molar-refractivity contribution in [2.75, 3.05) is 13.7 Å². The second-order valence-corrected chi connectivity index (χ2v) is 4.29. The van der Waals surface area contributed by atoms with Gasteiger partial charge in [-0.25, -0.2) is 9.48 Å². The van der Waals surface area contributed by atoms with E-state index in [1.54, 1.807) is 10.9 Å². The van der Waals surface area contributed by atoms with Crippen LogP contribution < -0.4 is 0 Å². The number of carbonyl (C=O) groups is 1. The molecule has 19 heavy (non-hydrogen) atoms. The average Bonchev–Trinajstić information content (AvgIpc) is 2.84. The lowest BCUT2D eigenvalue weighted by Crippen LogP contribution is -2.19. The molecule has 104 valence electrons. The maximum atomic E-state index is 11.2. The molecule has 1 saturated heterocycles. The first kappa shape index (κ1) is 13.5. The molecule has 0 amide bonds. The van der Waals surface area contributed by atoms with Crippen molar-refractivity contribution in [1.29, 1.82) is 0 Å². The van der Waals surface area contributed by atoms with Crippen LogP contribution in [0.15, 0.2) is 11.2 Å². The first-order chi connectivity index (χ1) is 9.22. The number of aromatic nitrogens is 2. The topological polar surface area (TPSA) is 85.9 Å². The van der Waals surface area contributed by atoms with Gasteiger partial charge in [0.25, 0.3) is 0 Å². The minimum atomic E-state index is -1.06. The quantitative estimate of drug-likeness (QED) is 0.644. The molecule has 7 nitrogen and oxygen atoms in total. The normalized spacial score (nSPS) is 19.7. The standard InChI is InChI=1S/C12H17N3O4/c1-18-8-13-6-9-7-15(14-11(9)12(16)17)10-4-2-3-5-19-10/h7-8,10H,2-6H2,1H3,(H,16,17)/b13-8+. The fraction of sp³-hybridized carbons (Fsp3) is 0.583. The Kier molecular flexibility index (Phi) is 4.51. The molecule has 1 unspecified atom stereocenters. The van der Waals surface area contributed by atoms with Crippen molar-refractivity contribution in [2.24, 2.45) is 4.99 Å². The van der Waals surface area contributed by atoms with E-state index in [1.807, 2.05) is 0 Å². The molecule has 0 spiro atoms. The third-order valence-electron chi connectivity index (χ3n) is 2.90. The molecule has 0 aliphatic carbocycles. The zero-order valence-electron chi connectivity index (χ0n) is 10.8. The van der Waals surface area contributed by atoms with Gasteiger partial charge in [-0.15, -0.1) is 0 Å². The number of nitrogens with zero attached hydrogens (tertiary/aromatic N) is 3. The van der Waals surface area contributed by atoms with Crippen LogP contribution in [0, 0.1) is 0 Å². The van der Waals surface area contributed by atoms with E-state index in [9.17, 15) is 4.79 Å². The Hall–Kier alpha value is -1.89. The summed E-state index contributed by atoms with van der Waals surface area (Å²) < 4.78 is 11.9. The molecule has 1 aromatic rings. The summed E-state index contributed by atoms with van der Waals surface area (Å²) in [7, 11) is 1.49. The van der Waals surface area contributed by atoms with E-state index in [2.05, 4.69) is 10.1 Å². The third kappa shape index (κ3) is 3.31. The fourth-order valence-electron chi connectivity index (χ4n) is 2.02. The van der Waals surface area contributed by atoms with Gasteiger partial charge in [-0.3, -0.25) is 4.99 Å². The summed E-state index contributed by atoms with van der Waals surface area (Å²) >= 11 is 0. The summed E-state index contributed by atoms with van der Waals surface area (Å²) in [6, 6.07) is 0. The van der Waals surface area contributed by atoms with Crippen LogP contribution in [0.2, 0.25) is 0 Å². The number of hydrogen-bond acceptors (Lipinski definition) is 5. The number of hydrogen-bond donors (Lipinski definition) is 1. The van der Waals surface area contributed by atoms with E-state index in [0.29, 0.717) is 12.2 Å². The minimum Gasteiger partial charge on any atom is -0.487 e. The van der Waals surface area contributed by atoms with Crippen LogP contribution in [0.4, 0.5) is 0 Å². The van der Waals surface area contributed by atoms with Gasteiger partial charge in [0.05, 0.1) is 13.7 Å². The summed E-state index contributed by atoms with van der Waals surface area (Å²) in [6.45, 7) is 0.909. The fourth-order valence-corrected chi connectivity index (χ4v) is 2.02. The van der Waals surface area contributed by atoms with Crippen molar-refractivity contribution in [1.82, 2.24) is 9.78 Å². The first-order valence-electron chi connectivity index (χ1n) is 6.16. The van der Waals surface area contributed by atoms with Crippen LogP contribution in [0.3, 0.4) is 0 Å². The number of carboxylic acid groups (broad SMARTS) is 1. The van der Waals surface area contributed by atoms with E-state index in [4.69, 9.17) is 14.6 Å². The van der Waals surface area contributed by atoms with Crippen LogP contribution in [-0.4, -0.2) is 41.0 Å². The Balaban J connectivity index is 2.18. The van der Waals surface area contributed by atoms with Gasteiger partial charge in [0.1, 0.15) is 6.23 Å². The summed E-state index contributed by atoms with van der Waals surface area (Å²) in [4.78, 5) is 15.1. The van der Waals surface area contributed by atoms with E-state index in [1.165, 1.54) is 13.5 Å². The molecule has 1 atom stereocenters. The predicted molar refractivity (Wildman–Crippen MR) is 67.2 cm³/mol. The van der Waals surface area contributed by atoms with Crippen molar-refractivity contribution in [2.45, 2.75) is 32.0 Å². The SMILES string of the molecule is CO/C=N/Cc1cn(C2CCCCO2)nc1C(=O)O. The van der Waals surface area contributed by atoms with Gasteiger partial charge in [-0.2, -0.15) is 5.10 Å². The zero-order valence-corrected chi connectivity index (χ0v) is 10.8. The maximum absolute atomic E-state index is 11.2. The van der Waals surface area contributed by atoms with Gasteiger partial charge >= 0.3 is 5.97 Å². The van der Waals surface area contributed by atoms with E-state index in [-0.39, 0.29) is 18.5 Å². The van der Waals surface area contributed by atoms with Crippen LogP contribution >= 0.6 is 0 Å². The van der Waals surface area contributed by atoms with Gasteiger partial charge in [0.15, 0.2) is 12.1 Å². The number of methoxy groups -OCH3 is 1. The van der Waals surface area contributed by atoms with Crippen molar-refractivity contribution in [3.05, 3.63) is 17.5 Å². The molecule has 2 heterocycles. The first-order valence-corrected chi connectivity index (χ1v) is 6.16. The van der Waals surface area contributed by atoms with E-state index >= 15 is 0 Å². The maximum Gasteiger partial charge on any atom is 0.356 e. The lowest BCUT2D eigenvalue weighted by atomic mass is 10.2. The lowest BCUT2D eigenvalue weighted by Gasteiger charge is -2.22. The number of aromatic carboxylic acids is 1. The Morgan fingerprint density at radius 1 is 1.74 bits per heavy atom. The Morgan fingerprint density at radius 2 is 2.58 bits per heavy atom. The van der Waals surface area contributed by atoms with Gasteiger partial charge in [-0.1, -0.05) is 0 Å². The lowest BCUT2D eigenvalue weighted by molar-refractivity contribution is -0.0397. The largest absolute Gasteiger partial charge is 0.487 e. The molecule has 0 radical (unpaired) electrons. The molecule has 0 saturated carbocycles. The summed E-state index contributed by atoms with van der Waals surface area (Å²) in [5, 5.41) is 13.2. The average molecular weight is 267 g/mol. The molecule has 7 heteroatoms. The van der Waals surface area contributed by atoms with E-state index in [0.717, 1.165) is 19.3 Å². The smallest absolute Gasteiger partial charge is 0.356 e. The van der Waals surface area contributed by atoms with Crippen molar-refractivity contribution in [3.63, 3.8) is 0 Å². The highest BCUT2D eigenvalue weighted by Gasteiger charge is 2.21. The monoisotopic (exact) mass is 267 g/mol. The molecule has 1 aliphatic heterocycles. The number of rotatable bonds is 5. The number of ether oxygens (including phenoxy) is 2. The van der Waals surface area contributed by atoms with Gasteiger partial charge < -0.3 is 14.6 Å². The third-order valence-corrected chi connectivity index (χ3v) is 2.90. The number of aliphatic imine (C=N–C) groups is 1. The van der Waals surface area contributed by atoms with Crippen molar-refractivity contribution < 1.29 is 19.4 Å². The molecule has 1 N–H and O–H groups in total. The second-order valence-electron chi connectivity index (χ2n) is 4.29. The Bertz CT molecular complexity index is 464. The van der Waals surface area contributed by atoms with Crippen molar-refractivity contribution in [3.8, 4) is 0 Å². The summed E-state index contributed by atoms with van der Waals surface area (Å²) in [5.41, 5.74) is 0.567. The van der Waals surface area contributed by atoms with E-state index < -0.39 is 5.97 Å². The molecule has 1 fully saturated rings. The molecular formula is C12H17N3O4. The second kappa shape index (κ2) is 6.33. The molecule has 1 aliphatic rings. The minimum absolute atomic E-state index is 0.0161. The van der Waals surface area contributed by atoms with Gasteiger partial charge in [-0.05, 0) is 19.3 Å². The highest BCUT2D eigenvalue weighted by atomic mass is 16.5. The summed E-state index contributed by atoms with van der Waals surface area (Å²) in [6.07, 6.45) is 5.74. The molecule has 2 rings (SSSR count). The zero-order chi connectivity index (χ0) is 13.7. The Labute approximate surface area is 110 Å². The van der Waals surface area contributed by atoms with Gasteiger partial charge in [0, 0.05) is 18.4 Å². The Morgan fingerprint density at radius 3 is 3.21 bits per heavy atom. The van der Waals surface area contributed by atoms with Crippen LogP contribution in [-0.2, 0) is 16.0 Å². The van der Waals surface area contributed by atoms with Crippen LogP contribution in [0.1, 0.15) is 41.5 Å². The highest BCUT2D eigenvalue weighted by Crippen LogP contribution is 2.23. The molecular weight excluding hydrogens is 250 g/mol. The predicted octanol–water partition coefficient (Wildman–Crippen LogP) is 1.46. The molecule has 0 bridgehead atoms. The van der Waals surface area contributed by atoms with Crippen molar-refractivity contribution >= 4 is 12.4 Å². The number of carboxylic acids is 1. The highest BCUT2D eigenvalue weighted by molar-refractivity contribution is 5.87. The summed E-state index contributed by atoms with van der Waals surface area (Å²) in [5.74, 6) is -1.06. The van der Waals surface area contributed by atoms with Crippen LogP contribution in [0.25, 0.3) is 0 Å². The van der Waals surface area contributed by atoms with Gasteiger partial charge in [0.2, 0.25) is 0 Å². The molecule has 0 aromatic carbocycles.